The van der Waals surface area contributed by atoms with Gasteiger partial charge in [-0.25, -0.2) is 0 Å². The van der Waals surface area contributed by atoms with Gasteiger partial charge in [0.05, 0.1) is 0 Å². The number of benzene rings is 2. The molecule has 0 radical (unpaired) electrons. The number of rotatable bonds is 2. The van der Waals surface area contributed by atoms with Gasteiger partial charge < -0.3 is 4.98 Å². The highest BCUT2D eigenvalue weighted by Gasteiger charge is 2.22. The first-order valence-electron chi connectivity index (χ1n) is 6.90. The predicted molar refractivity (Wildman–Crippen MR) is 87.6 cm³/mol. The Morgan fingerprint density at radius 2 is 1.50 bits per heavy atom. The summed E-state index contributed by atoms with van der Waals surface area (Å²) < 4.78 is 0. The van der Waals surface area contributed by atoms with E-state index in [1.165, 1.54) is 26.4 Å². The number of nitrogens with one attached hydrogen (secondary N) is 1. The van der Waals surface area contributed by atoms with Crippen LogP contribution in [0.1, 0.15) is 26.5 Å². The summed E-state index contributed by atoms with van der Waals surface area (Å²) in [5.41, 5.74) is 2.64. The minimum atomic E-state index is 0.107. The van der Waals surface area contributed by atoms with Crippen molar-refractivity contribution in [2.45, 2.75) is 36.0 Å². The second-order valence-electron chi connectivity index (χ2n) is 6.04. The van der Waals surface area contributed by atoms with E-state index in [2.05, 4.69) is 80.4 Å². The number of aromatic amines is 1. The summed E-state index contributed by atoms with van der Waals surface area (Å²) in [5, 5.41) is 1.31. The van der Waals surface area contributed by atoms with E-state index in [9.17, 15) is 0 Å². The molecular formula is C18H19NS. The zero-order chi connectivity index (χ0) is 14.2. The van der Waals surface area contributed by atoms with Crippen molar-refractivity contribution in [3.8, 4) is 0 Å². The number of para-hydroxylation sites is 1. The van der Waals surface area contributed by atoms with Crippen LogP contribution in [-0.4, -0.2) is 4.98 Å². The van der Waals surface area contributed by atoms with Crippen LogP contribution in [-0.2, 0) is 5.41 Å². The third-order valence-electron chi connectivity index (χ3n) is 3.37. The Kier molecular flexibility index (Phi) is 3.35. The molecular weight excluding hydrogens is 262 g/mol. The maximum atomic E-state index is 3.60. The fourth-order valence-electron chi connectivity index (χ4n) is 2.36. The summed E-state index contributed by atoms with van der Waals surface area (Å²) >= 11 is 1.85. The van der Waals surface area contributed by atoms with Crippen LogP contribution < -0.4 is 0 Å². The Balaban J connectivity index is 2.16. The van der Waals surface area contributed by atoms with Crippen molar-refractivity contribution >= 4 is 22.7 Å². The standard InChI is InChI=1S/C18H19NS/c1-18(2,3)17-16(20-13-9-5-4-6-10-13)14-11-7-8-12-15(14)19-17/h4-12,19H,1-3H3. The first-order valence-corrected chi connectivity index (χ1v) is 7.71. The lowest BCUT2D eigenvalue weighted by molar-refractivity contribution is 0.563. The first kappa shape index (κ1) is 13.3. The summed E-state index contributed by atoms with van der Waals surface area (Å²) in [6.45, 7) is 6.77. The fourth-order valence-corrected chi connectivity index (χ4v) is 3.63. The van der Waals surface area contributed by atoms with E-state index in [1.54, 1.807) is 0 Å². The smallest absolute Gasteiger partial charge is 0.0468 e. The predicted octanol–water partition coefficient (Wildman–Crippen LogP) is 5.62. The SMILES string of the molecule is CC(C)(C)c1[nH]c2ccccc2c1Sc1ccccc1. The molecule has 20 heavy (non-hydrogen) atoms. The molecule has 1 heterocycles. The van der Waals surface area contributed by atoms with E-state index in [0.29, 0.717) is 0 Å². The van der Waals surface area contributed by atoms with Crippen molar-refractivity contribution in [3.05, 3.63) is 60.3 Å². The lowest BCUT2D eigenvalue weighted by atomic mass is 9.92. The Labute approximate surface area is 124 Å². The molecule has 1 nitrogen and oxygen atoms in total. The molecule has 0 aliphatic carbocycles. The Hall–Kier alpha value is -1.67. The maximum absolute atomic E-state index is 3.60. The number of H-pyrrole nitrogens is 1. The highest BCUT2D eigenvalue weighted by Crippen LogP contribution is 2.41. The van der Waals surface area contributed by atoms with Crippen molar-refractivity contribution < 1.29 is 0 Å². The van der Waals surface area contributed by atoms with Gasteiger partial charge in [0.15, 0.2) is 0 Å². The van der Waals surface area contributed by atoms with Gasteiger partial charge >= 0.3 is 0 Å². The number of aromatic nitrogens is 1. The molecule has 1 N–H and O–H groups in total. The number of fused-ring (bicyclic) bond motifs is 1. The third-order valence-corrected chi connectivity index (χ3v) is 4.51. The van der Waals surface area contributed by atoms with Crippen LogP contribution >= 0.6 is 11.8 Å². The van der Waals surface area contributed by atoms with E-state index in [-0.39, 0.29) is 5.41 Å². The van der Waals surface area contributed by atoms with Crippen LogP contribution in [0.5, 0.6) is 0 Å². The van der Waals surface area contributed by atoms with Crippen molar-refractivity contribution in [3.63, 3.8) is 0 Å². The van der Waals surface area contributed by atoms with E-state index in [0.717, 1.165) is 0 Å². The van der Waals surface area contributed by atoms with Crippen LogP contribution in [0.4, 0.5) is 0 Å². The average molecular weight is 281 g/mol. The lowest BCUT2D eigenvalue weighted by Crippen LogP contribution is -2.12. The largest absolute Gasteiger partial charge is 0.357 e. The van der Waals surface area contributed by atoms with Gasteiger partial charge in [-0.3, -0.25) is 0 Å². The molecule has 0 saturated carbocycles. The van der Waals surface area contributed by atoms with Crippen LogP contribution in [0.15, 0.2) is 64.4 Å². The normalized spacial score (nSPS) is 11.9. The fraction of sp³-hybridized carbons (Fsp3) is 0.222. The third kappa shape index (κ3) is 2.48. The molecule has 0 bridgehead atoms. The van der Waals surface area contributed by atoms with E-state index in [4.69, 9.17) is 0 Å². The molecule has 3 aromatic rings. The monoisotopic (exact) mass is 281 g/mol. The average Bonchev–Trinajstić information content (AvgIpc) is 2.79. The molecule has 0 saturated heterocycles. The first-order chi connectivity index (χ1) is 9.55. The summed E-state index contributed by atoms with van der Waals surface area (Å²) in [6, 6.07) is 19.1. The molecule has 1 aromatic heterocycles. The highest BCUT2D eigenvalue weighted by molar-refractivity contribution is 7.99. The second kappa shape index (κ2) is 5.02. The summed E-state index contributed by atoms with van der Waals surface area (Å²) in [4.78, 5) is 6.23. The number of hydrogen-bond acceptors (Lipinski definition) is 1. The van der Waals surface area contributed by atoms with Gasteiger partial charge in [0.25, 0.3) is 0 Å². The molecule has 0 unspecified atom stereocenters. The van der Waals surface area contributed by atoms with E-state index in [1.807, 2.05) is 11.8 Å². The molecule has 3 rings (SSSR count). The van der Waals surface area contributed by atoms with Crippen LogP contribution in [0.3, 0.4) is 0 Å². The van der Waals surface area contributed by atoms with E-state index < -0.39 is 0 Å². The molecule has 0 atom stereocenters. The quantitative estimate of drug-likeness (QED) is 0.645. The van der Waals surface area contributed by atoms with E-state index >= 15 is 0 Å². The summed E-state index contributed by atoms with van der Waals surface area (Å²) in [7, 11) is 0. The van der Waals surface area contributed by atoms with Crippen LogP contribution in [0.25, 0.3) is 10.9 Å². The molecule has 0 amide bonds. The van der Waals surface area contributed by atoms with Crippen LogP contribution in [0.2, 0.25) is 0 Å². The van der Waals surface area contributed by atoms with Gasteiger partial charge in [0.1, 0.15) is 0 Å². The van der Waals surface area contributed by atoms with Gasteiger partial charge in [0, 0.05) is 31.8 Å². The Morgan fingerprint density at radius 3 is 2.20 bits per heavy atom. The maximum Gasteiger partial charge on any atom is 0.0468 e. The van der Waals surface area contributed by atoms with Gasteiger partial charge in [0.2, 0.25) is 0 Å². The second-order valence-corrected chi connectivity index (χ2v) is 7.12. The molecule has 2 heteroatoms. The highest BCUT2D eigenvalue weighted by atomic mass is 32.2. The Morgan fingerprint density at radius 1 is 0.850 bits per heavy atom. The van der Waals surface area contributed by atoms with Gasteiger partial charge in [-0.1, -0.05) is 68.9 Å². The summed E-state index contributed by atoms with van der Waals surface area (Å²) in [5.74, 6) is 0. The van der Waals surface area contributed by atoms with Gasteiger partial charge in [-0.05, 0) is 18.2 Å². The van der Waals surface area contributed by atoms with Crippen LogP contribution in [0, 0.1) is 0 Å². The Bertz CT molecular complexity index is 720. The lowest BCUT2D eigenvalue weighted by Gasteiger charge is -2.19. The zero-order valence-electron chi connectivity index (χ0n) is 12.1. The zero-order valence-corrected chi connectivity index (χ0v) is 12.9. The molecule has 2 aromatic carbocycles. The molecule has 0 spiro atoms. The van der Waals surface area contributed by atoms with Gasteiger partial charge in [-0.15, -0.1) is 0 Å². The minimum absolute atomic E-state index is 0.107. The summed E-state index contributed by atoms with van der Waals surface area (Å²) in [6.07, 6.45) is 0. The molecule has 0 fully saturated rings. The minimum Gasteiger partial charge on any atom is -0.357 e. The van der Waals surface area contributed by atoms with Gasteiger partial charge in [-0.2, -0.15) is 0 Å². The van der Waals surface area contributed by atoms with Crippen molar-refractivity contribution in [2.75, 3.05) is 0 Å². The molecule has 0 aliphatic heterocycles. The van der Waals surface area contributed by atoms with Crippen molar-refractivity contribution in [1.82, 2.24) is 4.98 Å². The molecule has 102 valence electrons. The molecule has 0 aliphatic rings. The number of hydrogen-bond donors (Lipinski definition) is 1. The van der Waals surface area contributed by atoms with Crippen molar-refractivity contribution in [1.29, 1.82) is 0 Å². The topological polar surface area (TPSA) is 15.8 Å². The van der Waals surface area contributed by atoms with Crippen molar-refractivity contribution in [2.24, 2.45) is 0 Å².